The van der Waals surface area contributed by atoms with Crippen molar-refractivity contribution < 1.29 is 14.3 Å². The predicted octanol–water partition coefficient (Wildman–Crippen LogP) is 4.29. The van der Waals surface area contributed by atoms with Gasteiger partial charge in [0.1, 0.15) is 41.0 Å². The van der Waals surface area contributed by atoms with E-state index in [0.29, 0.717) is 53.2 Å². The number of hydrogen-bond acceptors (Lipinski definition) is 9. The van der Waals surface area contributed by atoms with Gasteiger partial charge in [0.2, 0.25) is 5.88 Å². The molecule has 0 spiro atoms. The Morgan fingerprint density at radius 3 is 2.60 bits per heavy atom. The van der Waals surface area contributed by atoms with Gasteiger partial charge in [-0.2, -0.15) is 10.4 Å². The van der Waals surface area contributed by atoms with Gasteiger partial charge in [0, 0.05) is 30.9 Å². The summed E-state index contributed by atoms with van der Waals surface area (Å²) in [7, 11) is 1.61. The molecule has 2 N–H and O–H groups in total. The average molecular weight is 537 g/mol. The molecule has 1 saturated carbocycles. The average Bonchev–Trinajstić information content (AvgIpc) is 3.73. The molecule has 2 fully saturated rings. The Hall–Kier alpha value is -4.98. The van der Waals surface area contributed by atoms with E-state index < -0.39 is 0 Å². The van der Waals surface area contributed by atoms with Gasteiger partial charge >= 0.3 is 0 Å². The van der Waals surface area contributed by atoms with Gasteiger partial charge in [0.15, 0.2) is 5.65 Å². The quantitative estimate of drug-likeness (QED) is 0.270. The largest absolute Gasteiger partial charge is 0.497 e. The summed E-state index contributed by atoms with van der Waals surface area (Å²) in [5.74, 6) is 2.24. The number of piperidine rings is 1. The van der Waals surface area contributed by atoms with Gasteiger partial charge in [0.25, 0.3) is 5.91 Å². The lowest BCUT2D eigenvalue weighted by molar-refractivity contribution is -0.128. The number of ether oxygens (including phenoxy) is 2. The summed E-state index contributed by atoms with van der Waals surface area (Å²) in [6.07, 6.45) is 8.58. The molecule has 4 heterocycles. The van der Waals surface area contributed by atoms with Gasteiger partial charge in [-0.3, -0.25) is 4.79 Å². The maximum absolute atomic E-state index is 13.1. The van der Waals surface area contributed by atoms with Crippen LogP contribution in [0.4, 0.5) is 5.82 Å². The van der Waals surface area contributed by atoms with Crippen molar-refractivity contribution in [2.45, 2.75) is 31.7 Å². The topological polar surface area (TPSA) is 145 Å². The molecule has 1 atom stereocenters. The third-order valence-electron chi connectivity index (χ3n) is 7.21. The number of fused-ring (bicyclic) bond motifs is 1. The number of likely N-dealkylation sites (tertiary alicyclic amines) is 1. The van der Waals surface area contributed by atoms with E-state index in [0.717, 1.165) is 37.0 Å². The molecule has 4 aromatic rings. The first-order chi connectivity index (χ1) is 19.5. The number of anilines is 1. The van der Waals surface area contributed by atoms with Gasteiger partial charge in [-0.05, 0) is 61.9 Å². The van der Waals surface area contributed by atoms with Crippen LogP contribution in [0, 0.1) is 17.2 Å². The number of carbonyl (C=O) groups excluding carboxylic acids is 1. The van der Waals surface area contributed by atoms with Gasteiger partial charge in [-0.25, -0.2) is 19.6 Å². The number of rotatable bonds is 7. The standard InChI is InChI=1S/C29H28N8O3/c1-39-22-7-9-23(10-8-22)40-24-11-6-19(15-32-24)26-25-27(31)33-17-34-28(25)37(35-26)21-3-2-12-36(16-21)29(38)20(14-30)13-18-4-5-18/h6-11,13,15,17-18,21H,2-5,12,16H2,1H3,(H2,31,33,34). The molecule has 1 amide bonds. The number of carbonyl (C=O) groups is 1. The number of hydrogen-bond donors (Lipinski definition) is 1. The van der Waals surface area contributed by atoms with Crippen LogP contribution < -0.4 is 15.2 Å². The number of aromatic nitrogens is 5. The van der Waals surface area contributed by atoms with E-state index in [1.807, 2.05) is 29.0 Å². The lowest BCUT2D eigenvalue weighted by Crippen LogP contribution is -2.41. The number of nitriles is 1. The summed E-state index contributed by atoms with van der Waals surface area (Å²) < 4.78 is 12.9. The minimum Gasteiger partial charge on any atom is -0.497 e. The number of methoxy groups -OCH3 is 1. The number of nitrogens with two attached hydrogens (primary N) is 1. The summed E-state index contributed by atoms with van der Waals surface area (Å²) >= 11 is 0. The molecule has 1 unspecified atom stereocenters. The van der Waals surface area contributed by atoms with E-state index >= 15 is 0 Å². The molecule has 2 aliphatic rings. The Balaban J connectivity index is 1.27. The Labute approximate surface area is 230 Å². The number of pyridine rings is 1. The van der Waals surface area contributed by atoms with Crippen molar-refractivity contribution in [3.8, 4) is 34.7 Å². The third-order valence-corrected chi connectivity index (χ3v) is 7.21. The smallest absolute Gasteiger partial charge is 0.264 e. The molecule has 3 aromatic heterocycles. The number of allylic oxidation sites excluding steroid dienone is 1. The van der Waals surface area contributed by atoms with E-state index in [-0.39, 0.29) is 17.5 Å². The lowest BCUT2D eigenvalue weighted by atomic mass is 10.0. The van der Waals surface area contributed by atoms with Gasteiger partial charge < -0.3 is 20.1 Å². The minimum absolute atomic E-state index is 0.130. The summed E-state index contributed by atoms with van der Waals surface area (Å²) in [6.45, 7) is 1.03. The number of benzene rings is 1. The van der Waals surface area contributed by atoms with Crippen LogP contribution in [0.3, 0.4) is 0 Å². The maximum atomic E-state index is 13.1. The Morgan fingerprint density at radius 1 is 1.10 bits per heavy atom. The molecule has 40 heavy (non-hydrogen) atoms. The van der Waals surface area contributed by atoms with Crippen LogP contribution in [0.25, 0.3) is 22.3 Å². The molecule has 1 aliphatic heterocycles. The van der Waals surface area contributed by atoms with Crippen LogP contribution in [0.5, 0.6) is 17.4 Å². The van der Waals surface area contributed by atoms with Crippen LogP contribution in [0.1, 0.15) is 31.7 Å². The molecule has 6 rings (SSSR count). The SMILES string of the molecule is COc1ccc(Oc2ccc(-c3nn(C4CCCN(C(=O)C(C#N)=CC5CC5)C4)c4ncnc(N)c34)cn2)cc1. The van der Waals surface area contributed by atoms with Crippen LogP contribution in [0.2, 0.25) is 0 Å². The number of nitrogens with zero attached hydrogens (tertiary/aromatic N) is 7. The normalized spacial score (nSPS) is 17.4. The molecule has 202 valence electrons. The molecular weight excluding hydrogens is 508 g/mol. The zero-order valence-electron chi connectivity index (χ0n) is 22.0. The number of amides is 1. The first kappa shape index (κ1) is 25.3. The lowest BCUT2D eigenvalue weighted by Gasteiger charge is -2.32. The zero-order chi connectivity index (χ0) is 27.6. The highest BCUT2D eigenvalue weighted by atomic mass is 16.5. The van der Waals surface area contributed by atoms with Crippen LogP contribution in [-0.4, -0.2) is 55.7 Å². The summed E-state index contributed by atoms with van der Waals surface area (Å²) in [6, 6.07) is 12.8. The molecule has 11 heteroatoms. The molecule has 11 nitrogen and oxygen atoms in total. The Kier molecular flexibility index (Phi) is 6.74. The van der Waals surface area contributed by atoms with Crippen LogP contribution >= 0.6 is 0 Å². The fourth-order valence-electron chi connectivity index (χ4n) is 4.96. The molecule has 0 bridgehead atoms. The van der Waals surface area contributed by atoms with Crippen LogP contribution in [0.15, 0.2) is 60.6 Å². The van der Waals surface area contributed by atoms with Crippen molar-refractivity contribution >= 4 is 22.8 Å². The van der Waals surface area contributed by atoms with Gasteiger partial charge in [0.05, 0.1) is 18.5 Å². The molecule has 1 saturated heterocycles. The van der Waals surface area contributed by atoms with Gasteiger partial charge in [-0.15, -0.1) is 0 Å². The fraction of sp³-hybridized carbons (Fsp3) is 0.310. The summed E-state index contributed by atoms with van der Waals surface area (Å²) in [5, 5.41) is 15.1. The fourth-order valence-corrected chi connectivity index (χ4v) is 4.96. The monoisotopic (exact) mass is 536 g/mol. The van der Waals surface area contributed by atoms with E-state index in [2.05, 4.69) is 21.0 Å². The van der Waals surface area contributed by atoms with Crippen molar-refractivity contribution in [1.29, 1.82) is 5.26 Å². The minimum atomic E-state index is -0.221. The molecule has 1 aliphatic carbocycles. The summed E-state index contributed by atoms with van der Waals surface area (Å²) in [5.41, 5.74) is 8.46. The second-order valence-corrected chi connectivity index (χ2v) is 9.99. The van der Waals surface area contributed by atoms with E-state index in [9.17, 15) is 10.1 Å². The highest BCUT2D eigenvalue weighted by molar-refractivity contribution is 5.98. The first-order valence-corrected chi connectivity index (χ1v) is 13.2. The summed E-state index contributed by atoms with van der Waals surface area (Å²) in [4.78, 5) is 28.1. The first-order valence-electron chi connectivity index (χ1n) is 13.2. The second-order valence-electron chi connectivity index (χ2n) is 9.99. The Morgan fingerprint density at radius 2 is 1.90 bits per heavy atom. The van der Waals surface area contributed by atoms with Crippen molar-refractivity contribution in [2.75, 3.05) is 25.9 Å². The molecule has 1 aromatic carbocycles. The zero-order valence-corrected chi connectivity index (χ0v) is 22.0. The van der Waals surface area contributed by atoms with Crippen molar-refractivity contribution in [3.63, 3.8) is 0 Å². The third kappa shape index (κ3) is 5.03. The van der Waals surface area contributed by atoms with E-state index in [1.54, 1.807) is 36.4 Å². The predicted molar refractivity (Wildman–Crippen MR) is 147 cm³/mol. The highest BCUT2D eigenvalue weighted by Crippen LogP contribution is 2.35. The molecule has 0 radical (unpaired) electrons. The van der Waals surface area contributed by atoms with Crippen molar-refractivity contribution in [2.24, 2.45) is 5.92 Å². The highest BCUT2D eigenvalue weighted by Gasteiger charge is 2.31. The van der Waals surface area contributed by atoms with E-state index in [1.165, 1.54) is 6.33 Å². The Bertz CT molecular complexity index is 1620. The van der Waals surface area contributed by atoms with Gasteiger partial charge in [-0.1, -0.05) is 6.08 Å². The van der Waals surface area contributed by atoms with Crippen molar-refractivity contribution in [1.82, 2.24) is 29.6 Å². The maximum Gasteiger partial charge on any atom is 0.264 e. The number of nitrogen functional groups attached to an aromatic ring is 1. The van der Waals surface area contributed by atoms with Crippen LogP contribution in [-0.2, 0) is 4.79 Å². The van der Waals surface area contributed by atoms with E-state index in [4.69, 9.17) is 20.3 Å². The van der Waals surface area contributed by atoms with Crippen molar-refractivity contribution in [3.05, 3.63) is 60.6 Å². The molecular formula is C29H28N8O3. The second kappa shape index (κ2) is 10.6.